The zero-order chi connectivity index (χ0) is 15.1. The Bertz CT molecular complexity index is 571. The lowest BCUT2D eigenvalue weighted by molar-refractivity contribution is 0.304. The second-order valence-electron chi connectivity index (χ2n) is 4.97. The van der Waals surface area contributed by atoms with E-state index >= 15 is 0 Å². The smallest absolute Gasteiger partial charge is 0.120 e. The average molecular weight is 348 g/mol. The Morgan fingerprint density at radius 2 is 1.90 bits per heavy atom. The molecule has 2 rings (SSSR count). The Hall–Kier alpha value is -1.32. The number of hydrogen-bond acceptors (Lipinski definition) is 2. The van der Waals surface area contributed by atoms with E-state index in [1.54, 1.807) is 0 Å². The van der Waals surface area contributed by atoms with Crippen LogP contribution in [0.1, 0.15) is 37.4 Å². The van der Waals surface area contributed by atoms with Crippen LogP contribution < -0.4 is 10.1 Å². The van der Waals surface area contributed by atoms with Crippen molar-refractivity contribution >= 4 is 15.9 Å². The van der Waals surface area contributed by atoms with Crippen LogP contribution in [0.5, 0.6) is 5.75 Å². The van der Waals surface area contributed by atoms with Crippen molar-refractivity contribution in [2.24, 2.45) is 0 Å². The van der Waals surface area contributed by atoms with Crippen LogP contribution in [-0.4, -0.2) is 6.54 Å². The van der Waals surface area contributed by atoms with Gasteiger partial charge in [-0.25, -0.2) is 0 Å². The summed E-state index contributed by atoms with van der Waals surface area (Å²) in [5, 5.41) is 3.50. The van der Waals surface area contributed by atoms with Crippen LogP contribution in [0.25, 0.3) is 0 Å². The second-order valence-corrected chi connectivity index (χ2v) is 5.83. The molecule has 0 saturated carbocycles. The van der Waals surface area contributed by atoms with Gasteiger partial charge in [-0.3, -0.25) is 0 Å². The molecule has 0 radical (unpaired) electrons. The fraction of sp³-hybridized carbons (Fsp3) is 0.333. The highest BCUT2D eigenvalue weighted by Crippen LogP contribution is 2.23. The summed E-state index contributed by atoms with van der Waals surface area (Å²) in [5.41, 5.74) is 2.44. The first-order chi connectivity index (χ1) is 10.2. The predicted molar refractivity (Wildman–Crippen MR) is 91.6 cm³/mol. The fourth-order valence-corrected chi connectivity index (χ4v) is 2.74. The van der Waals surface area contributed by atoms with Crippen LogP contribution in [0.15, 0.2) is 53.0 Å². The number of halogens is 1. The average Bonchev–Trinajstić information content (AvgIpc) is 2.52. The molecular weight excluding hydrogens is 326 g/mol. The van der Waals surface area contributed by atoms with Crippen molar-refractivity contribution in [3.63, 3.8) is 0 Å². The van der Waals surface area contributed by atoms with Gasteiger partial charge in [0.15, 0.2) is 0 Å². The molecule has 112 valence electrons. The van der Waals surface area contributed by atoms with E-state index in [9.17, 15) is 0 Å². The first-order valence-corrected chi connectivity index (χ1v) is 8.23. The Morgan fingerprint density at radius 1 is 1.10 bits per heavy atom. The summed E-state index contributed by atoms with van der Waals surface area (Å²) in [6.07, 6.45) is 1.07. The largest absolute Gasteiger partial charge is 0.489 e. The first-order valence-electron chi connectivity index (χ1n) is 7.44. The Labute approximate surface area is 135 Å². The topological polar surface area (TPSA) is 21.3 Å². The highest BCUT2D eigenvalue weighted by atomic mass is 79.9. The molecule has 1 N–H and O–H groups in total. The quantitative estimate of drug-likeness (QED) is 0.753. The van der Waals surface area contributed by atoms with Crippen molar-refractivity contribution in [3.8, 4) is 5.75 Å². The molecule has 0 aliphatic rings. The first kappa shape index (κ1) is 16.1. The van der Waals surface area contributed by atoms with Gasteiger partial charge in [0.05, 0.1) is 0 Å². The van der Waals surface area contributed by atoms with E-state index in [0.29, 0.717) is 12.6 Å². The molecule has 0 aliphatic carbocycles. The zero-order valence-electron chi connectivity index (χ0n) is 12.6. The highest BCUT2D eigenvalue weighted by molar-refractivity contribution is 9.10. The van der Waals surface area contributed by atoms with E-state index in [0.717, 1.165) is 28.8 Å². The van der Waals surface area contributed by atoms with E-state index in [4.69, 9.17) is 4.74 Å². The lowest BCUT2D eigenvalue weighted by Crippen LogP contribution is -2.19. The van der Waals surface area contributed by atoms with Gasteiger partial charge in [0.2, 0.25) is 0 Å². The van der Waals surface area contributed by atoms with Gasteiger partial charge in [-0.1, -0.05) is 60.1 Å². The summed E-state index contributed by atoms with van der Waals surface area (Å²) in [7, 11) is 0. The number of hydrogen-bond donors (Lipinski definition) is 1. The van der Waals surface area contributed by atoms with Gasteiger partial charge in [-0.05, 0) is 36.7 Å². The maximum Gasteiger partial charge on any atom is 0.120 e. The normalized spacial score (nSPS) is 12.1. The van der Waals surface area contributed by atoms with Crippen LogP contribution in [0, 0.1) is 0 Å². The zero-order valence-corrected chi connectivity index (χ0v) is 14.2. The minimum absolute atomic E-state index is 0.391. The lowest BCUT2D eigenvalue weighted by atomic mass is 10.0. The molecule has 0 bridgehead atoms. The van der Waals surface area contributed by atoms with Crippen molar-refractivity contribution in [2.75, 3.05) is 6.54 Å². The molecule has 1 unspecified atom stereocenters. The van der Waals surface area contributed by atoms with E-state index in [-0.39, 0.29) is 0 Å². The molecule has 21 heavy (non-hydrogen) atoms. The third-order valence-electron chi connectivity index (χ3n) is 3.47. The SMILES string of the molecule is CCNC(CC)c1cccc(OCc2ccccc2Br)c1. The minimum atomic E-state index is 0.391. The molecule has 0 amide bonds. The number of rotatable bonds is 7. The summed E-state index contributed by atoms with van der Waals surface area (Å²) in [6.45, 7) is 5.88. The summed E-state index contributed by atoms with van der Waals surface area (Å²) in [6, 6.07) is 16.9. The number of nitrogens with one attached hydrogen (secondary N) is 1. The molecular formula is C18H22BrNO. The minimum Gasteiger partial charge on any atom is -0.489 e. The predicted octanol–water partition coefficient (Wildman–Crippen LogP) is 5.09. The van der Waals surface area contributed by atoms with Gasteiger partial charge in [0.1, 0.15) is 12.4 Å². The van der Waals surface area contributed by atoms with E-state index < -0.39 is 0 Å². The summed E-state index contributed by atoms with van der Waals surface area (Å²) >= 11 is 3.55. The molecule has 0 aliphatic heterocycles. The van der Waals surface area contributed by atoms with Crippen molar-refractivity contribution in [1.82, 2.24) is 5.32 Å². The third kappa shape index (κ3) is 4.58. The molecule has 0 heterocycles. The Balaban J connectivity index is 2.06. The van der Waals surface area contributed by atoms with Crippen LogP contribution in [0.3, 0.4) is 0 Å². The molecule has 2 aromatic carbocycles. The molecule has 2 aromatic rings. The van der Waals surface area contributed by atoms with Crippen molar-refractivity contribution in [2.45, 2.75) is 32.9 Å². The van der Waals surface area contributed by atoms with Crippen LogP contribution >= 0.6 is 15.9 Å². The molecule has 2 nitrogen and oxygen atoms in total. The van der Waals surface area contributed by atoms with Crippen LogP contribution in [0.2, 0.25) is 0 Å². The molecule has 3 heteroatoms. The van der Waals surface area contributed by atoms with Crippen LogP contribution in [-0.2, 0) is 6.61 Å². The third-order valence-corrected chi connectivity index (χ3v) is 4.25. The maximum atomic E-state index is 5.93. The van der Waals surface area contributed by atoms with Crippen molar-refractivity contribution in [1.29, 1.82) is 0 Å². The van der Waals surface area contributed by atoms with Gasteiger partial charge in [-0.2, -0.15) is 0 Å². The van der Waals surface area contributed by atoms with E-state index in [1.807, 2.05) is 24.3 Å². The summed E-state index contributed by atoms with van der Waals surface area (Å²) in [5.74, 6) is 0.916. The molecule has 0 saturated heterocycles. The molecule has 1 atom stereocenters. The van der Waals surface area contributed by atoms with E-state index in [1.165, 1.54) is 5.56 Å². The molecule has 0 aromatic heterocycles. The van der Waals surface area contributed by atoms with Crippen molar-refractivity contribution < 1.29 is 4.74 Å². The fourth-order valence-electron chi connectivity index (χ4n) is 2.34. The standard InChI is InChI=1S/C18H22BrNO/c1-3-18(20-4-2)14-9-7-10-16(12-14)21-13-15-8-5-6-11-17(15)19/h5-12,18,20H,3-4,13H2,1-2H3. The van der Waals surface area contributed by atoms with Gasteiger partial charge in [0, 0.05) is 16.1 Å². The number of benzene rings is 2. The summed E-state index contributed by atoms with van der Waals surface area (Å²) < 4.78 is 7.01. The van der Waals surface area contributed by atoms with Gasteiger partial charge < -0.3 is 10.1 Å². The molecule has 0 spiro atoms. The highest BCUT2D eigenvalue weighted by Gasteiger charge is 2.08. The van der Waals surface area contributed by atoms with E-state index in [2.05, 4.69) is 59.4 Å². The van der Waals surface area contributed by atoms with Crippen molar-refractivity contribution in [3.05, 3.63) is 64.1 Å². The second kappa shape index (κ2) is 8.20. The lowest BCUT2D eigenvalue weighted by Gasteiger charge is -2.17. The van der Waals surface area contributed by atoms with Gasteiger partial charge in [0.25, 0.3) is 0 Å². The maximum absolute atomic E-state index is 5.93. The van der Waals surface area contributed by atoms with Gasteiger partial charge in [-0.15, -0.1) is 0 Å². The van der Waals surface area contributed by atoms with Crippen LogP contribution in [0.4, 0.5) is 0 Å². The Kier molecular flexibility index (Phi) is 6.27. The summed E-state index contributed by atoms with van der Waals surface area (Å²) in [4.78, 5) is 0. The number of ether oxygens (including phenoxy) is 1. The van der Waals surface area contributed by atoms with Gasteiger partial charge >= 0.3 is 0 Å². The monoisotopic (exact) mass is 347 g/mol. The molecule has 0 fully saturated rings. The Morgan fingerprint density at radius 3 is 2.62 bits per heavy atom.